The van der Waals surface area contributed by atoms with Crippen LogP contribution in [0.2, 0.25) is 0 Å². The van der Waals surface area contributed by atoms with Gasteiger partial charge in [-0.1, -0.05) is 12.2 Å². The molecule has 20 heavy (non-hydrogen) atoms. The summed E-state index contributed by atoms with van der Waals surface area (Å²) in [5, 5.41) is 3.74. The molecule has 0 spiro atoms. The number of hydrogen-bond acceptors (Lipinski definition) is 2. The Morgan fingerprint density at radius 3 is 2.85 bits per heavy atom. The Hall–Kier alpha value is -1.36. The van der Waals surface area contributed by atoms with Gasteiger partial charge in [0.05, 0.1) is 6.04 Å². The van der Waals surface area contributed by atoms with E-state index in [-0.39, 0.29) is 0 Å². The van der Waals surface area contributed by atoms with Crippen LogP contribution in [0.15, 0.2) is 54.9 Å². The second-order valence-electron chi connectivity index (χ2n) is 5.49. The minimum absolute atomic E-state index is 0.380. The summed E-state index contributed by atoms with van der Waals surface area (Å²) in [4.78, 5) is 4.14. The van der Waals surface area contributed by atoms with E-state index in [1.54, 1.807) is 0 Å². The second kappa shape index (κ2) is 4.88. The van der Waals surface area contributed by atoms with Crippen LogP contribution in [-0.2, 0) is 0 Å². The first-order valence-electron chi connectivity index (χ1n) is 6.95. The second-order valence-corrected chi connectivity index (χ2v) is 6.73. The van der Waals surface area contributed by atoms with E-state index >= 15 is 0 Å². The van der Waals surface area contributed by atoms with Crippen molar-refractivity contribution in [3.63, 3.8) is 0 Å². The maximum absolute atomic E-state index is 4.14. The average molecular weight is 374 g/mol. The molecule has 0 bridgehead atoms. The van der Waals surface area contributed by atoms with Crippen molar-refractivity contribution in [2.75, 3.05) is 5.32 Å². The van der Waals surface area contributed by atoms with Crippen molar-refractivity contribution in [3.05, 3.63) is 69.6 Å². The lowest BCUT2D eigenvalue weighted by Crippen LogP contribution is -2.29. The minimum Gasteiger partial charge on any atom is -0.378 e. The van der Waals surface area contributed by atoms with E-state index in [1.165, 1.54) is 20.4 Å². The van der Waals surface area contributed by atoms with E-state index in [2.05, 4.69) is 75.4 Å². The molecule has 4 rings (SSSR count). The van der Waals surface area contributed by atoms with Crippen LogP contribution in [0.25, 0.3) is 0 Å². The van der Waals surface area contributed by atoms with Gasteiger partial charge in [0, 0.05) is 27.6 Å². The number of hydrogen-bond donors (Lipinski definition) is 1. The molecular formula is C17H15IN2. The maximum Gasteiger partial charge on any atom is 0.0555 e. The number of allylic oxidation sites excluding steroid dienone is 2. The number of benzene rings is 1. The lowest BCUT2D eigenvalue weighted by Gasteiger charge is -2.37. The predicted octanol–water partition coefficient (Wildman–Crippen LogP) is 4.51. The molecule has 1 aliphatic carbocycles. The fourth-order valence-electron chi connectivity index (χ4n) is 3.47. The quantitative estimate of drug-likeness (QED) is 0.587. The van der Waals surface area contributed by atoms with Crippen molar-refractivity contribution < 1.29 is 0 Å². The van der Waals surface area contributed by atoms with Gasteiger partial charge in [0.2, 0.25) is 0 Å². The van der Waals surface area contributed by atoms with Crippen LogP contribution >= 0.6 is 22.6 Å². The molecule has 0 fully saturated rings. The molecule has 1 N–H and O–H groups in total. The van der Waals surface area contributed by atoms with Gasteiger partial charge in [0.15, 0.2) is 0 Å². The van der Waals surface area contributed by atoms with Crippen molar-refractivity contribution in [3.8, 4) is 0 Å². The number of rotatable bonds is 1. The summed E-state index contributed by atoms with van der Waals surface area (Å²) in [6.07, 6.45) is 9.64. The molecule has 0 radical (unpaired) electrons. The Morgan fingerprint density at radius 1 is 1.15 bits per heavy atom. The molecule has 3 atom stereocenters. The van der Waals surface area contributed by atoms with Crippen molar-refractivity contribution in [2.24, 2.45) is 5.92 Å². The van der Waals surface area contributed by atoms with Crippen LogP contribution in [0.3, 0.4) is 0 Å². The Kier molecular flexibility index (Phi) is 3.02. The van der Waals surface area contributed by atoms with E-state index in [0.29, 0.717) is 17.9 Å². The monoisotopic (exact) mass is 374 g/mol. The van der Waals surface area contributed by atoms with E-state index in [9.17, 15) is 0 Å². The third-order valence-electron chi connectivity index (χ3n) is 4.39. The van der Waals surface area contributed by atoms with Crippen LogP contribution < -0.4 is 5.32 Å². The zero-order valence-electron chi connectivity index (χ0n) is 11.0. The zero-order valence-corrected chi connectivity index (χ0v) is 13.1. The van der Waals surface area contributed by atoms with E-state index in [4.69, 9.17) is 0 Å². The van der Waals surface area contributed by atoms with E-state index in [1.807, 2.05) is 12.4 Å². The summed E-state index contributed by atoms with van der Waals surface area (Å²) in [5.74, 6) is 1.15. The highest BCUT2D eigenvalue weighted by Gasteiger charge is 2.37. The molecule has 0 saturated heterocycles. The molecule has 0 saturated carbocycles. The highest BCUT2D eigenvalue weighted by molar-refractivity contribution is 14.1. The SMILES string of the molecule is Ic1ccc2c(c1)[C@H]1C=CC[C@H]1[C@@H](c1ccncc1)N2. The van der Waals surface area contributed by atoms with E-state index in [0.717, 1.165) is 6.42 Å². The first kappa shape index (κ1) is 12.4. The standard InChI is InChI=1S/C17H15IN2/c18-12-4-5-16-15(10-12)13-2-1-3-14(13)17(20-16)11-6-8-19-9-7-11/h1-2,4-10,13-14,17,20H,3H2/t13-,14+,17+/m0/s1. The van der Waals surface area contributed by atoms with Gasteiger partial charge >= 0.3 is 0 Å². The Morgan fingerprint density at radius 2 is 2.00 bits per heavy atom. The number of fused-ring (bicyclic) bond motifs is 3. The molecule has 2 nitrogen and oxygen atoms in total. The Balaban J connectivity index is 1.80. The van der Waals surface area contributed by atoms with Crippen LogP contribution in [0.1, 0.15) is 29.5 Å². The third-order valence-corrected chi connectivity index (χ3v) is 5.06. The summed E-state index contributed by atoms with van der Waals surface area (Å²) in [7, 11) is 0. The summed E-state index contributed by atoms with van der Waals surface area (Å²) in [6, 6.07) is 11.3. The normalized spacial score (nSPS) is 26.8. The molecule has 0 amide bonds. The summed E-state index contributed by atoms with van der Waals surface area (Å²) in [6.45, 7) is 0. The molecule has 1 aromatic carbocycles. The lowest BCUT2D eigenvalue weighted by molar-refractivity contribution is 0.425. The fourth-order valence-corrected chi connectivity index (χ4v) is 3.98. The zero-order chi connectivity index (χ0) is 13.5. The smallest absolute Gasteiger partial charge is 0.0555 e. The first-order valence-corrected chi connectivity index (χ1v) is 8.03. The molecule has 2 aromatic rings. The van der Waals surface area contributed by atoms with Crippen molar-refractivity contribution >= 4 is 28.3 Å². The summed E-state index contributed by atoms with van der Waals surface area (Å²) >= 11 is 2.40. The lowest BCUT2D eigenvalue weighted by atomic mass is 9.77. The molecule has 1 aromatic heterocycles. The maximum atomic E-state index is 4.14. The number of anilines is 1. The third kappa shape index (κ3) is 1.95. The minimum atomic E-state index is 0.380. The van der Waals surface area contributed by atoms with Gasteiger partial charge in [-0.15, -0.1) is 0 Å². The largest absolute Gasteiger partial charge is 0.378 e. The van der Waals surface area contributed by atoms with Crippen LogP contribution in [0.4, 0.5) is 5.69 Å². The van der Waals surface area contributed by atoms with Gasteiger partial charge in [-0.25, -0.2) is 0 Å². The van der Waals surface area contributed by atoms with Gasteiger partial charge in [0.1, 0.15) is 0 Å². The predicted molar refractivity (Wildman–Crippen MR) is 89.7 cm³/mol. The number of pyridine rings is 1. The van der Waals surface area contributed by atoms with Gasteiger partial charge in [-0.2, -0.15) is 0 Å². The van der Waals surface area contributed by atoms with Gasteiger partial charge in [0.25, 0.3) is 0 Å². The van der Waals surface area contributed by atoms with Crippen LogP contribution in [0, 0.1) is 9.49 Å². The van der Waals surface area contributed by atoms with Crippen LogP contribution in [0.5, 0.6) is 0 Å². The fraction of sp³-hybridized carbons (Fsp3) is 0.235. The highest BCUT2D eigenvalue weighted by Crippen LogP contribution is 2.49. The molecule has 100 valence electrons. The number of nitrogens with zero attached hydrogens (tertiary/aromatic N) is 1. The number of aromatic nitrogens is 1. The van der Waals surface area contributed by atoms with E-state index < -0.39 is 0 Å². The molecule has 2 heterocycles. The highest BCUT2D eigenvalue weighted by atomic mass is 127. The van der Waals surface area contributed by atoms with Crippen molar-refractivity contribution in [1.82, 2.24) is 4.98 Å². The average Bonchev–Trinajstić information content (AvgIpc) is 2.97. The van der Waals surface area contributed by atoms with Crippen LogP contribution in [-0.4, -0.2) is 4.98 Å². The number of nitrogens with one attached hydrogen (secondary N) is 1. The molecule has 3 heteroatoms. The Bertz CT molecular complexity index is 666. The molecule has 0 unspecified atom stereocenters. The molecule has 1 aliphatic heterocycles. The van der Waals surface area contributed by atoms with Crippen molar-refractivity contribution in [1.29, 1.82) is 0 Å². The van der Waals surface area contributed by atoms with Gasteiger partial charge in [-0.05, 0) is 76.4 Å². The Labute approximate surface area is 132 Å². The van der Waals surface area contributed by atoms with Crippen molar-refractivity contribution in [2.45, 2.75) is 18.4 Å². The van der Waals surface area contributed by atoms with Gasteiger partial charge < -0.3 is 5.32 Å². The molecule has 2 aliphatic rings. The summed E-state index contributed by atoms with van der Waals surface area (Å²) in [5.41, 5.74) is 4.06. The number of halogens is 1. The topological polar surface area (TPSA) is 24.9 Å². The first-order chi connectivity index (χ1) is 9.83. The molecular weight excluding hydrogens is 359 g/mol. The van der Waals surface area contributed by atoms with Gasteiger partial charge in [-0.3, -0.25) is 4.98 Å². The summed E-state index contributed by atoms with van der Waals surface area (Å²) < 4.78 is 1.31.